The van der Waals surface area contributed by atoms with E-state index in [1.807, 2.05) is 0 Å². The Morgan fingerprint density at radius 2 is 2.26 bits per heavy atom. The van der Waals surface area contributed by atoms with Gasteiger partial charge in [0.05, 0.1) is 0 Å². The van der Waals surface area contributed by atoms with Crippen LogP contribution >= 0.6 is 22.9 Å². The van der Waals surface area contributed by atoms with Gasteiger partial charge in [-0.2, -0.15) is 8.42 Å². The molecule has 0 spiro atoms. The third-order valence-corrected chi connectivity index (χ3v) is 4.99. The van der Waals surface area contributed by atoms with Gasteiger partial charge in [0.15, 0.2) is 10.8 Å². The molecule has 0 fully saturated rings. The van der Waals surface area contributed by atoms with Crippen LogP contribution in [0.4, 0.5) is 10.9 Å². The molecule has 3 aromatic heterocycles. The van der Waals surface area contributed by atoms with Crippen molar-refractivity contribution in [2.24, 2.45) is 0 Å². The van der Waals surface area contributed by atoms with Gasteiger partial charge in [-0.3, -0.25) is 9.12 Å². The molecule has 0 atom stereocenters. The van der Waals surface area contributed by atoms with Crippen LogP contribution in [0.1, 0.15) is 0 Å². The number of anilines is 2. The predicted octanol–water partition coefficient (Wildman–Crippen LogP) is 0.485. The van der Waals surface area contributed by atoms with Gasteiger partial charge >= 0.3 is 0 Å². The highest BCUT2D eigenvalue weighted by Crippen LogP contribution is 2.26. The molecule has 3 heterocycles. The van der Waals surface area contributed by atoms with Crippen LogP contribution < -0.4 is 10.0 Å². The minimum absolute atomic E-state index is 0.0291. The summed E-state index contributed by atoms with van der Waals surface area (Å²) in [6.45, 7) is 0. The molecule has 0 aliphatic heterocycles. The quantitative estimate of drug-likeness (QED) is 0.719. The second-order valence-electron chi connectivity index (χ2n) is 3.34. The van der Waals surface area contributed by atoms with Crippen molar-refractivity contribution >= 4 is 48.8 Å². The van der Waals surface area contributed by atoms with E-state index >= 15 is 0 Å². The molecule has 19 heavy (non-hydrogen) atoms. The molecule has 0 amide bonds. The Morgan fingerprint density at radius 1 is 1.42 bits per heavy atom. The van der Waals surface area contributed by atoms with E-state index in [2.05, 4.69) is 29.8 Å². The summed E-state index contributed by atoms with van der Waals surface area (Å²) in [4.78, 5) is 4.77. The summed E-state index contributed by atoms with van der Waals surface area (Å²) in [5.74, 6) is 0.275. The molecule has 0 aliphatic rings. The Bertz CT molecular complexity index is 803. The van der Waals surface area contributed by atoms with Crippen molar-refractivity contribution in [3.05, 3.63) is 11.6 Å². The lowest BCUT2D eigenvalue weighted by atomic mass is 10.7. The molecule has 0 aromatic carbocycles. The minimum atomic E-state index is -3.82. The van der Waals surface area contributed by atoms with Gasteiger partial charge in [0.1, 0.15) is 0 Å². The van der Waals surface area contributed by atoms with Crippen LogP contribution in [0.2, 0.25) is 0 Å². The van der Waals surface area contributed by atoms with Crippen LogP contribution in [0.15, 0.2) is 16.6 Å². The summed E-state index contributed by atoms with van der Waals surface area (Å²) >= 11 is 2.20. The van der Waals surface area contributed by atoms with Crippen LogP contribution in [0.3, 0.4) is 0 Å². The number of thiazole rings is 1. The summed E-state index contributed by atoms with van der Waals surface area (Å²) in [6.07, 6.45) is 1.64. The summed E-state index contributed by atoms with van der Waals surface area (Å²) in [7, 11) is -2.21. The SMILES string of the molecule is CNc1nc2sccn2c1S(=O)(=O)Nc1nnns1. The fourth-order valence-electron chi connectivity index (χ4n) is 1.52. The van der Waals surface area contributed by atoms with Crippen molar-refractivity contribution in [1.29, 1.82) is 0 Å². The number of hydrogen-bond donors (Lipinski definition) is 2. The highest BCUT2D eigenvalue weighted by molar-refractivity contribution is 7.93. The lowest BCUT2D eigenvalue weighted by molar-refractivity contribution is 0.597. The normalized spacial score (nSPS) is 11.8. The Balaban J connectivity index is 2.14. The molecule has 0 saturated carbocycles. The van der Waals surface area contributed by atoms with Crippen LogP contribution in [0, 0.1) is 0 Å². The Morgan fingerprint density at radius 3 is 2.95 bits per heavy atom. The van der Waals surface area contributed by atoms with Crippen LogP contribution in [-0.4, -0.2) is 39.7 Å². The van der Waals surface area contributed by atoms with Gasteiger partial charge in [0, 0.05) is 30.2 Å². The zero-order valence-corrected chi connectivity index (χ0v) is 11.9. The number of nitrogens with zero attached hydrogens (tertiary/aromatic N) is 5. The van der Waals surface area contributed by atoms with Gasteiger partial charge in [0.2, 0.25) is 10.2 Å². The zero-order valence-electron chi connectivity index (χ0n) is 9.43. The maximum Gasteiger partial charge on any atom is 0.283 e. The number of hydrogen-bond acceptors (Lipinski definition) is 9. The lowest BCUT2D eigenvalue weighted by Crippen LogP contribution is -2.16. The second-order valence-corrected chi connectivity index (χ2v) is 6.55. The molecule has 0 saturated heterocycles. The molecule has 0 bridgehead atoms. The van der Waals surface area contributed by atoms with Gasteiger partial charge < -0.3 is 5.32 Å². The van der Waals surface area contributed by atoms with Crippen LogP contribution in [-0.2, 0) is 10.0 Å². The minimum Gasteiger partial charge on any atom is -0.371 e. The predicted molar refractivity (Wildman–Crippen MR) is 71.1 cm³/mol. The first-order valence-corrected chi connectivity index (χ1v) is 8.06. The molecule has 0 unspecified atom stereocenters. The topological polar surface area (TPSA) is 114 Å². The van der Waals surface area contributed by atoms with Crippen molar-refractivity contribution < 1.29 is 8.42 Å². The van der Waals surface area contributed by atoms with E-state index in [0.29, 0.717) is 4.96 Å². The number of imidazole rings is 1. The molecule has 0 aliphatic carbocycles. The van der Waals surface area contributed by atoms with E-state index in [0.717, 1.165) is 11.5 Å². The summed E-state index contributed by atoms with van der Waals surface area (Å²) < 4.78 is 32.0. The first kappa shape index (κ1) is 12.3. The highest BCUT2D eigenvalue weighted by Gasteiger charge is 2.26. The highest BCUT2D eigenvalue weighted by atomic mass is 32.2. The van der Waals surface area contributed by atoms with E-state index in [4.69, 9.17) is 0 Å². The van der Waals surface area contributed by atoms with Crippen molar-refractivity contribution in [3.8, 4) is 0 Å². The largest absolute Gasteiger partial charge is 0.371 e. The Kier molecular flexibility index (Phi) is 2.83. The van der Waals surface area contributed by atoms with Crippen LogP contribution in [0.5, 0.6) is 0 Å². The second kappa shape index (κ2) is 4.40. The Labute approximate surface area is 115 Å². The molecule has 9 nitrogen and oxygen atoms in total. The van der Waals surface area contributed by atoms with Gasteiger partial charge in [0.25, 0.3) is 10.0 Å². The fourth-order valence-corrected chi connectivity index (χ4v) is 4.17. The van der Waals surface area contributed by atoms with Gasteiger partial charge in [-0.25, -0.2) is 4.98 Å². The summed E-state index contributed by atoms with van der Waals surface area (Å²) in [6, 6.07) is 0. The van der Waals surface area contributed by atoms with Crippen LogP contribution in [0.25, 0.3) is 4.96 Å². The summed E-state index contributed by atoms with van der Waals surface area (Å²) in [5, 5.41) is 11.5. The van der Waals surface area contributed by atoms with Gasteiger partial charge in [-0.05, 0) is 5.21 Å². The monoisotopic (exact) mass is 317 g/mol. The fraction of sp³-hybridized carbons (Fsp3) is 0.143. The van der Waals surface area contributed by atoms with Gasteiger partial charge in [-0.15, -0.1) is 11.3 Å². The van der Waals surface area contributed by atoms with Crippen molar-refractivity contribution in [2.45, 2.75) is 5.03 Å². The van der Waals surface area contributed by atoms with Gasteiger partial charge in [-0.1, -0.05) is 9.59 Å². The van der Waals surface area contributed by atoms with E-state index in [1.54, 1.807) is 18.6 Å². The molecular weight excluding hydrogens is 310 g/mol. The van der Waals surface area contributed by atoms with E-state index in [9.17, 15) is 8.42 Å². The first-order valence-electron chi connectivity index (χ1n) is 4.93. The maximum atomic E-state index is 12.4. The average Bonchev–Trinajstić information content (AvgIpc) is 3.01. The summed E-state index contributed by atoms with van der Waals surface area (Å²) in [5.41, 5.74) is 0. The van der Waals surface area contributed by atoms with Crippen molar-refractivity contribution in [1.82, 2.24) is 24.2 Å². The average molecular weight is 317 g/mol. The molecule has 0 radical (unpaired) electrons. The van der Waals surface area contributed by atoms with E-state index in [-0.39, 0.29) is 16.0 Å². The van der Waals surface area contributed by atoms with E-state index < -0.39 is 10.0 Å². The number of aromatic nitrogens is 5. The molecule has 3 rings (SSSR count). The molecule has 2 N–H and O–H groups in total. The van der Waals surface area contributed by atoms with E-state index in [1.165, 1.54) is 15.7 Å². The molecule has 3 aromatic rings. The lowest BCUT2D eigenvalue weighted by Gasteiger charge is -2.05. The Hall–Kier alpha value is -1.79. The molecule has 100 valence electrons. The zero-order chi connectivity index (χ0) is 13.5. The third kappa shape index (κ3) is 2.02. The van der Waals surface area contributed by atoms with Crippen molar-refractivity contribution in [2.75, 3.05) is 17.1 Å². The molecular formula is C7H7N7O2S3. The standard InChI is InChI=1S/C7H7N7O2S3/c1-8-4-5(14-2-3-17-7(14)9-4)19(15,16)11-6-10-12-13-18-6/h2-3,8H,1H3,(H,10,11,13). The number of nitrogens with one attached hydrogen (secondary N) is 2. The number of fused-ring (bicyclic) bond motifs is 1. The van der Waals surface area contributed by atoms with Crippen molar-refractivity contribution in [3.63, 3.8) is 0 Å². The number of rotatable bonds is 4. The maximum absolute atomic E-state index is 12.4. The smallest absolute Gasteiger partial charge is 0.283 e. The third-order valence-electron chi connectivity index (χ3n) is 2.23. The number of sulfonamides is 1. The molecule has 12 heteroatoms. The first-order chi connectivity index (χ1) is 9.12.